The third-order valence-electron chi connectivity index (χ3n) is 5.19. The van der Waals surface area contributed by atoms with E-state index in [9.17, 15) is 0 Å². The summed E-state index contributed by atoms with van der Waals surface area (Å²) in [7, 11) is 0. The van der Waals surface area contributed by atoms with E-state index >= 15 is 0 Å². The molecule has 2 heteroatoms. The van der Waals surface area contributed by atoms with Crippen molar-refractivity contribution in [3.8, 4) is 0 Å². The van der Waals surface area contributed by atoms with E-state index in [1.807, 2.05) is 0 Å². The van der Waals surface area contributed by atoms with Gasteiger partial charge in [-0.05, 0) is 0 Å². The predicted molar refractivity (Wildman–Crippen MR) is 105 cm³/mol. The Hall–Kier alpha value is 1.16. The van der Waals surface area contributed by atoms with Crippen LogP contribution in [0.2, 0.25) is 0 Å². The van der Waals surface area contributed by atoms with E-state index < -0.39 is 4.25 Å². The van der Waals surface area contributed by atoms with Crippen LogP contribution in [0.5, 0.6) is 0 Å². The van der Waals surface area contributed by atoms with Crippen LogP contribution in [-0.2, 0) is 0 Å². The van der Waals surface area contributed by atoms with Crippen molar-refractivity contribution in [1.29, 1.82) is 0 Å². The first-order valence-electron chi connectivity index (χ1n) is 8.76. The maximum atomic E-state index is 2.91. The molecule has 0 aliphatic heterocycles. The van der Waals surface area contributed by atoms with Gasteiger partial charge in [0.05, 0.1) is 0 Å². The third kappa shape index (κ3) is 8.24. The minimum absolute atomic E-state index is 1.30. The van der Waals surface area contributed by atoms with E-state index in [0.29, 0.717) is 0 Å². The van der Waals surface area contributed by atoms with Crippen molar-refractivity contribution >= 4 is 26.3 Å². The number of halogens is 1. The van der Waals surface area contributed by atoms with Crippen LogP contribution >= 0.6 is 26.3 Å². The van der Waals surface area contributed by atoms with Crippen molar-refractivity contribution < 1.29 is 0 Å². The van der Waals surface area contributed by atoms with Crippen LogP contribution in [0.15, 0.2) is 0 Å². The predicted octanol–water partition coefficient (Wildman–Crippen LogP) is 7.48. The molecular formula is C17H38IP. The molecule has 0 heterocycles. The third-order valence-corrected chi connectivity index (χ3v) is 19.0. The number of hydrogen-bond donors (Lipinski definition) is 0. The van der Waals surface area contributed by atoms with Gasteiger partial charge in [-0.3, -0.25) is 0 Å². The van der Waals surface area contributed by atoms with Gasteiger partial charge in [-0.25, -0.2) is 0 Å². The Kier molecular flexibility index (Phi) is 11.5. The average molecular weight is 400 g/mol. The van der Waals surface area contributed by atoms with E-state index in [1.54, 1.807) is 6.16 Å². The van der Waals surface area contributed by atoms with Gasteiger partial charge in [0.15, 0.2) is 0 Å². The summed E-state index contributed by atoms with van der Waals surface area (Å²) in [6, 6.07) is 0. The van der Waals surface area contributed by atoms with Crippen molar-refractivity contribution in [2.24, 2.45) is 0 Å². The second kappa shape index (κ2) is 10.8. The van der Waals surface area contributed by atoms with Crippen molar-refractivity contribution in [3.05, 3.63) is 0 Å². The van der Waals surface area contributed by atoms with Crippen molar-refractivity contribution in [3.63, 3.8) is 0 Å². The normalized spacial score (nSPS) is 14.3. The summed E-state index contributed by atoms with van der Waals surface area (Å²) in [5.74, 6) is 0. The molecule has 0 radical (unpaired) electrons. The molecule has 0 bridgehead atoms. The molecule has 0 unspecified atom stereocenters. The molecule has 0 rings (SSSR count). The van der Waals surface area contributed by atoms with Gasteiger partial charge in [0.25, 0.3) is 0 Å². The number of hydrogen-bond acceptors (Lipinski definition) is 0. The van der Waals surface area contributed by atoms with Gasteiger partial charge < -0.3 is 0 Å². The molecule has 19 heavy (non-hydrogen) atoms. The van der Waals surface area contributed by atoms with Crippen LogP contribution in [0, 0.1) is 0 Å². The minimum atomic E-state index is -1.30. The van der Waals surface area contributed by atoms with Crippen LogP contribution in [0.4, 0.5) is 0 Å². The van der Waals surface area contributed by atoms with Gasteiger partial charge >= 0.3 is 136 Å². The molecular weight excluding hydrogens is 362 g/mol. The summed E-state index contributed by atoms with van der Waals surface area (Å²) < 4.78 is -1.30. The zero-order chi connectivity index (χ0) is 14.6. The fourth-order valence-electron chi connectivity index (χ4n) is 2.96. The first kappa shape index (κ1) is 20.2. The summed E-state index contributed by atoms with van der Waals surface area (Å²) in [6.07, 6.45) is 19.1. The van der Waals surface area contributed by atoms with E-state index in [1.165, 1.54) is 76.3 Å². The molecule has 0 spiro atoms. The number of unbranched alkanes of at least 4 members (excludes halogenated alkanes) is 8. The Morgan fingerprint density at radius 2 is 0.947 bits per heavy atom. The molecule has 0 aromatic carbocycles. The Morgan fingerprint density at radius 1 is 0.579 bits per heavy atom. The maximum absolute atomic E-state index is 2.91. The van der Waals surface area contributed by atoms with Crippen LogP contribution in [0.3, 0.4) is 0 Å². The van der Waals surface area contributed by atoms with E-state index in [-0.39, 0.29) is 0 Å². The Balaban J connectivity index is 3.62. The van der Waals surface area contributed by atoms with Gasteiger partial charge in [0.2, 0.25) is 0 Å². The van der Waals surface area contributed by atoms with Gasteiger partial charge in [-0.1, -0.05) is 0 Å². The van der Waals surface area contributed by atoms with E-state index in [0.717, 1.165) is 0 Å². The summed E-state index contributed by atoms with van der Waals surface area (Å²) in [5.41, 5.74) is 0. The topological polar surface area (TPSA) is 0 Å². The van der Waals surface area contributed by atoms with E-state index in [4.69, 9.17) is 0 Å². The first-order chi connectivity index (χ1) is 9.04. The first-order valence-corrected chi connectivity index (χ1v) is 14.5. The molecule has 0 amide bonds. The summed E-state index contributed by atoms with van der Waals surface area (Å²) >= 11 is 2.91. The van der Waals surface area contributed by atoms with Gasteiger partial charge in [-0.15, -0.1) is 0 Å². The molecule has 0 saturated carbocycles. The zero-order valence-corrected chi connectivity index (χ0v) is 17.1. The van der Waals surface area contributed by atoms with Crippen LogP contribution in [-0.4, -0.2) is 24.6 Å². The fraction of sp³-hybridized carbons (Fsp3) is 1.00. The molecule has 0 aliphatic carbocycles. The van der Waals surface area contributed by atoms with Crippen molar-refractivity contribution in [2.75, 3.05) is 24.6 Å². The molecule has 118 valence electrons. The molecule has 0 fully saturated rings. The van der Waals surface area contributed by atoms with Gasteiger partial charge in [0, 0.05) is 0 Å². The van der Waals surface area contributed by atoms with Gasteiger partial charge in [-0.2, -0.15) is 0 Å². The SMILES string of the molecule is CCCCCCCCCCCP(I)(CC)(CC)CC. The van der Waals surface area contributed by atoms with Crippen molar-refractivity contribution in [1.82, 2.24) is 0 Å². The summed E-state index contributed by atoms with van der Waals surface area (Å²) in [5, 5.41) is 0. The van der Waals surface area contributed by atoms with Gasteiger partial charge in [0.1, 0.15) is 0 Å². The standard InChI is InChI=1S/C17H38IP/c1-5-9-10-11-12-13-14-15-16-17-19(18,6-2,7-3)8-4/h5-17H2,1-4H3. The quantitative estimate of drug-likeness (QED) is 0.171. The zero-order valence-electron chi connectivity index (χ0n) is 14.0. The van der Waals surface area contributed by atoms with Crippen molar-refractivity contribution in [2.45, 2.75) is 85.5 Å². The molecule has 0 aliphatic rings. The average Bonchev–Trinajstić information content (AvgIpc) is 2.46. The molecule has 0 aromatic heterocycles. The van der Waals surface area contributed by atoms with E-state index in [2.05, 4.69) is 49.7 Å². The van der Waals surface area contributed by atoms with Crippen LogP contribution < -0.4 is 0 Å². The second-order valence-electron chi connectivity index (χ2n) is 6.32. The molecule has 0 aromatic rings. The van der Waals surface area contributed by atoms with Crippen LogP contribution in [0.25, 0.3) is 0 Å². The van der Waals surface area contributed by atoms with Crippen LogP contribution in [0.1, 0.15) is 85.5 Å². The molecule has 0 nitrogen and oxygen atoms in total. The Labute approximate surface area is 136 Å². The summed E-state index contributed by atoms with van der Waals surface area (Å²) in [6.45, 7) is 9.60. The Morgan fingerprint density at radius 3 is 1.32 bits per heavy atom. The number of rotatable bonds is 13. The summed E-state index contributed by atoms with van der Waals surface area (Å²) in [4.78, 5) is 0. The fourth-order valence-corrected chi connectivity index (χ4v) is 7.29. The Bertz CT molecular complexity index is 200. The monoisotopic (exact) mass is 400 g/mol. The molecule has 0 N–H and O–H groups in total. The molecule has 0 atom stereocenters. The second-order valence-corrected chi connectivity index (χ2v) is 20.5. The molecule has 0 saturated heterocycles.